The fraction of sp³-hybridized carbons (Fsp3) is 0.647. The molecule has 0 atom stereocenters. The first-order chi connectivity index (χ1) is 9.54. The number of hydrogen-bond donors (Lipinski definition) is 1. The highest BCUT2D eigenvalue weighted by atomic mass is 15.3. The molecule has 0 unspecified atom stereocenters. The highest BCUT2D eigenvalue weighted by Crippen LogP contribution is 2.28. The Morgan fingerprint density at radius 2 is 1.85 bits per heavy atom. The summed E-state index contributed by atoms with van der Waals surface area (Å²) in [5, 5.41) is 3.55. The minimum absolute atomic E-state index is 0.307. The highest BCUT2D eigenvalue weighted by molar-refractivity contribution is 5.61. The molecule has 0 radical (unpaired) electrons. The van der Waals surface area contributed by atoms with Crippen LogP contribution >= 0.6 is 0 Å². The number of rotatable bonds is 2. The van der Waals surface area contributed by atoms with Crippen molar-refractivity contribution in [2.75, 3.05) is 38.0 Å². The van der Waals surface area contributed by atoms with Crippen LogP contribution in [0.1, 0.15) is 31.9 Å². The van der Waals surface area contributed by atoms with Crippen molar-refractivity contribution in [2.45, 2.75) is 39.3 Å². The minimum Gasteiger partial charge on any atom is -0.384 e. The molecule has 0 aliphatic carbocycles. The summed E-state index contributed by atoms with van der Waals surface area (Å²) in [5.74, 6) is 0. The molecule has 0 spiro atoms. The van der Waals surface area contributed by atoms with Crippen LogP contribution in [-0.4, -0.2) is 48.1 Å². The molecule has 1 saturated heterocycles. The van der Waals surface area contributed by atoms with Gasteiger partial charge in [0.15, 0.2) is 0 Å². The van der Waals surface area contributed by atoms with Crippen LogP contribution in [0, 0.1) is 0 Å². The van der Waals surface area contributed by atoms with E-state index in [0.717, 1.165) is 13.1 Å². The van der Waals surface area contributed by atoms with Crippen LogP contribution in [0.4, 0.5) is 5.69 Å². The molecule has 1 N–H and O–H groups in total. The summed E-state index contributed by atoms with van der Waals surface area (Å²) in [4.78, 5) is 5.19. The molecule has 3 heteroatoms. The van der Waals surface area contributed by atoms with Gasteiger partial charge in [0.1, 0.15) is 0 Å². The Kier molecular flexibility index (Phi) is 3.74. The van der Waals surface area contributed by atoms with E-state index in [1.165, 1.54) is 49.4 Å². The van der Waals surface area contributed by atoms with E-state index in [4.69, 9.17) is 0 Å². The first-order valence-corrected chi connectivity index (χ1v) is 7.86. The number of piperazine rings is 1. The maximum Gasteiger partial charge on any atom is 0.0419 e. The molecule has 0 saturated carbocycles. The van der Waals surface area contributed by atoms with Gasteiger partial charge >= 0.3 is 0 Å². The lowest BCUT2D eigenvalue weighted by Crippen LogP contribution is -2.53. The summed E-state index contributed by atoms with van der Waals surface area (Å²) in [6.07, 6.45) is 1.18. The van der Waals surface area contributed by atoms with Gasteiger partial charge in [0.05, 0.1) is 0 Å². The molecule has 0 aromatic heterocycles. The predicted octanol–water partition coefficient (Wildman–Crippen LogP) is 2.57. The largest absolute Gasteiger partial charge is 0.384 e. The Morgan fingerprint density at radius 3 is 2.55 bits per heavy atom. The van der Waals surface area contributed by atoms with E-state index in [2.05, 4.69) is 54.1 Å². The zero-order chi connectivity index (χ0) is 14.2. The van der Waals surface area contributed by atoms with Crippen LogP contribution in [0.25, 0.3) is 0 Å². The number of nitrogens with zero attached hydrogens (tertiary/aromatic N) is 2. The summed E-state index contributed by atoms with van der Waals surface area (Å²) in [6, 6.07) is 6.76. The van der Waals surface area contributed by atoms with E-state index in [1.54, 1.807) is 0 Å². The molecule has 2 heterocycles. The van der Waals surface area contributed by atoms with E-state index in [1.807, 2.05) is 0 Å². The Labute approximate surface area is 123 Å². The second-order valence-electron chi connectivity index (χ2n) is 7.06. The van der Waals surface area contributed by atoms with Crippen LogP contribution < -0.4 is 5.32 Å². The van der Waals surface area contributed by atoms with Crippen LogP contribution in [0.5, 0.6) is 0 Å². The molecular formula is C17H27N3. The van der Waals surface area contributed by atoms with Gasteiger partial charge in [-0.2, -0.15) is 0 Å². The SMILES string of the molecule is CC(C)(C)N1CCN(Cc2cccc3c2NCC3)CC1. The third kappa shape index (κ3) is 2.84. The van der Waals surface area contributed by atoms with Crippen molar-refractivity contribution in [1.29, 1.82) is 0 Å². The van der Waals surface area contributed by atoms with Crippen molar-refractivity contribution in [3.63, 3.8) is 0 Å². The van der Waals surface area contributed by atoms with E-state index < -0.39 is 0 Å². The molecule has 0 amide bonds. The molecule has 3 rings (SSSR count). The summed E-state index contributed by atoms with van der Waals surface area (Å²) in [6.45, 7) is 13.9. The number of fused-ring (bicyclic) bond motifs is 1. The summed E-state index contributed by atoms with van der Waals surface area (Å²) < 4.78 is 0. The van der Waals surface area contributed by atoms with Crippen molar-refractivity contribution in [2.24, 2.45) is 0 Å². The van der Waals surface area contributed by atoms with Gasteiger partial charge in [-0.15, -0.1) is 0 Å². The van der Waals surface area contributed by atoms with Gasteiger partial charge in [0.25, 0.3) is 0 Å². The molecule has 20 heavy (non-hydrogen) atoms. The maximum absolute atomic E-state index is 3.55. The zero-order valence-corrected chi connectivity index (χ0v) is 13.1. The third-order valence-corrected chi connectivity index (χ3v) is 4.65. The Morgan fingerprint density at radius 1 is 1.10 bits per heavy atom. The number of benzene rings is 1. The van der Waals surface area contributed by atoms with Gasteiger partial charge in [-0.05, 0) is 38.3 Å². The number of para-hydroxylation sites is 1. The Balaban J connectivity index is 1.62. The Bertz CT molecular complexity index is 468. The lowest BCUT2D eigenvalue weighted by atomic mass is 10.0. The minimum atomic E-state index is 0.307. The van der Waals surface area contributed by atoms with Gasteiger partial charge in [-0.1, -0.05) is 18.2 Å². The van der Waals surface area contributed by atoms with E-state index in [0.29, 0.717) is 5.54 Å². The number of anilines is 1. The van der Waals surface area contributed by atoms with E-state index in [-0.39, 0.29) is 0 Å². The first kappa shape index (κ1) is 13.9. The molecule has 2 aliphatic heterocycles. The van der Waals surface area contributed by atoms with Crippen LogP contribution in [0.3, 0.4) is 0 Å². The third-order valence-electron chi connectivity index (χ3n) is 4.65. The topological polar surface area (TPSA) is 18.5 Å². The average molecular weight is 273 g/mol. The van der Waals surface area contributed by atoms with E-state index in [9.17, 15) is 0 Å². The van der Waals surface area contributed by atoms with Crippen LogP contribution in [0.2, 0.25) is 0 Å². The van der Waals surface area contributed by atoms with Crippen molar-refractivity contribution in [3.8, 4) is 0 Å². The van der Waals surface area contributed by atoms with Gasteiger partial charge in [0, 0.05) is 50.5 Å². The molecule has 2 aliphatic rings. The molecule has 0 bridgehead atoms. The predicted molar refractivity (Wildman–Crippen MR) is 85.2 cm³/mol. The lowest BCUT2D eigenvalue weighted by molar-refractivity contribution is 0.0592. The van der Waals surface area contributed by atoms with E-state index >= 15 is 0 Å². The highest BCUT2D eigenvalue weighted by Gasteiger charge is 2.26. The van der Waals surface area contributed by atoms with Gasteiger partial charge < -0.3 is 5.32 Å². The molecule has 1 fully saturated rings. The standard InChI is InChI=1S/C17H27N3/c1-17(2,3)20-11-9-19(10-12-20)13-15-6-4-5-14-7-8-18-16(14)15/h4-6,18H,7-13H2,1-3H3. The number of hydrogen-bond acceptors (Lipinski definition) is 3. The quantitative estimate of drug-likeness (QED) is 0.893. The molecule has 1 aromatic carbocycles. The molecule has 1 aromatic rings. The summed E-state index contributed by atoms with van der Waals surface area (Å²) in [5.41, 5.74) is 4.69. The lowest BCUT2D eigenvalue weighted by Gasteiger charge is -2.42. The normalized spacial score (nSPS) is 20.8. The smallest absolute Gasteiger partial charge is 0.0419 e. The van der Waals surface area contributed by atoms with Crippen molar-refractivity contribution in [1.82, 2.24) is 9.80 Å². The molecule has 110 valence electrons. The fourth-order valence-corrected chi connectivity index (χ4v) is 3.36. The first-order valence-electron chi connectivity index (χ1n) is 7.86. The molecule has 3 nitrogen and oxygen atoms in total. The monoisotopic (exact) mass is 273 g/mol. The zero-order valence-electron chi connectivity index (χ0n) is 13.1. The maximum atomic E-state index is 3.55. The van der Waals surface area contributed by atoms with Gasteiger partial charge in [-0.3, -0.25) is 9.80 Å². The summed E-state index contributed by atoms with van der Waals surface area (Å²) in [7, 11) is 0. The van der Waals surface area contributed by atoms with Crippen LogP contribution in [0.15, 0.2) is 18.2 Å². The van der Waals surface area contributed by atoms with Crippen molar-refractivity contribution in [3.05, 3.63) is 29.3 Å². The summed E-state index contributed by atoms with van der Waals surface area (Å²) >= 11 is 0. The Hall–Kier alpha value is -1.06. The molecular weight excluding hydrogens is 246 g/mol. The second kappa shape index (κ2) is 5.38. The van der Waals surface area contributed by atoms with Gasteiger partial charge in [0.2, 0.25) is 0 Å². The second-order valence-corrected chi connectivity index (χ2v) is 7.06. The fourth-order valence-electron chi connectivity index (χ4n) is 3.36. The van der Waals surface area contributed by atoms with Crippen LogP contribution in [-0.2, 0) is 13.0 Å². The van der Waals surface area contributed by atoms with Crippen molar-refractivity contribution >= 4 is 5.69 Å². The number of nitrogens with one attached hydrogen (secondary N) is 1. The van der Waals surface area contributed by atoms with Gasteiger partial charge in [-0.25, -0.2) is 0 Å². The van der Waals surface area contributed by atoms with Crippen molar-refractivity contribution < 1.29 is 0 Å². The average Bonchev–Trinajstić information content (AvgIpc) is 2.88.